The van der Waals surface area contributed by atoms with E-state index in [1.165, 1.54) is 0 Å². The molecule has 0 bridgehead atoms. The highest BCUT2D eigenvalue weighted by Crippen LogP contribution is 2.19. The van der Waals surface area contributed by atoms with E-state index in [-0.39, 0.29) is 24.4 Å². The maximum atomic E-state index is 11.9. The van der Waals surface area contributed by atoms with Gasteiger partial charge in [-0.15, -0.1) is 0 Å². The highest BCUT2D eigenvalue weighted by atomic mass is 16.4. The molecule has 1 aliphatic heterocycles. The number of urea groups is 1. The summed E-state index contributed by atoms with van der Waals surface area (Å²) >= 11 is 0. The van der Waals surface area contributed by atoms with E-state index < -0.39 is 5.97 Å². The Morgan fingerprint density at radius 2 is 2.19 bits per heavy atom. The third kappa shape index (κ3) is 2.87. The van der Waals surface area contributed by atoms with Gasteiger partial charge in [0, 0.05) is 32.1 Å². The molecule has 0 radical (unpaired) electrons. The van der Waals surface area contributed by atoms with Gasteiger partial charge in [-0.2, -0.15) is 0 Å². The van der Waals surface area contributed by atoms with Crippen molar-refractivity contribution in [1.29, 1.82) is 0 Å². The van der Waals surface area contributed by atoms with E-state index in [0.717, 1.165) is 6.42 Å². The smallest absolute Gasteiger partial charge is 0.320 e. The highest BCUT2D eigenvalue weighted by Gasteiger charge is 2.32. The van der Waals surface area contributed by atoms with E-state index in [4.69, 9.17) is 5.11 Å². The van der Waals surface area contributed by atoms with E-state index >= 15 is 0 Å². The lowest BCUT2D eigenvalue weighted by atomic mass is 10.0. The minimum Gasteiger partial charge on any atom is -0.481 e. The highest BCUT2D eigenvalue weighted by molar-refractivity contribution is 5.76. The van der Waals surface area contributed by atoms with Crippen LogP contribution in [-0.2, 0) is 4.79 Å². The number of amides is 2. The molecule has 1 rings (SSSR count). The second kappa shape index (κ2) is 5.18. The van der Waals surface area contributed by atoms with Crippen molar-refractivity contribution in [2.45, 2.75) is 32.7 Å². The van der Waals surface area contributed by atoms with Crippen molar-refractivity contribution in [3.05, 3.63) is 0 Å². The topological polar surface area (TPSA) is 60.9 Å². The first-order valence-electron chi connectivity index (χ1n) is 5.69. The SMILES string of the molecule is CCC(C)N1CC(CC(=O)O)CN(C)C1=O. The summed E-state index contributed by atoms with van der Waals surface area (Å²) in [4.78, 5) is 25.9. The monoisotopic (exact) mass is 228 g/mol. The van der Waals surface area contributed by atoms with E-state index in [1.807, 2.05) is 13.8 Å². The van der Waals surface area contributed by atoms with Crippen molar-refractivity contribution < 1.29 is 14.7 Å². The Labute approximate surface area is 96.0 Å². The lowest BCUT2D eigenvalue weighted by molar-refractivity contribution is -0.138. The molecule has 5 nitrogen and oxygen atoms in total. The number of carboxylic acid groups (broad SMARTS) is 1. The molecular formula is C11H20N2O3. The van der Waals surface area contributed by atoms with Gasteiger partial charge in [-0.25, -0.2) is 4.79 Å². The molecule has 1 aliphatic rings. The molecule has 2 unspecified atom stereocenters. The summed E-state index contributed by atoms with van der Waals surface area (Å²) in [6.07, 6.45) is 1.02. The van der Waals surface area contributed by atoms with Gasteiger partial charge >= 0.3 is 12.0 Å². The molecule has 92 valence electrons. The second-order valence-corrected chi connectivity index (χ2v) is 4.54. The van der Waals surface area contributed by atoms with Crippen LogP contribution in [0, 0.1) is 5.92 Å². The Kier molecular flexibility index (Phi) is 4.15. The zero-order valence-electron chi connectivity index (χ0n) is 10.1. The fourth-order valence-electron chi connectivity index (χ4n) is 2.06. The molecule has 1 N–H and O–H groups in total. The zero-order chi connectivity index (χ0) is 12.3. The van der Waals surface area contributed by atoms with Crippen LogP contribution in [0.3, 0.4) is 0 Å². The standard InChI is InChI=1S/C11H20N2O3/c1-4-8(2)13-7-9(5-10(14)15)6-12(3)11(13)16/h8-9H,4-7H2,1-3H3,(H,14,15). The van der Waals surface area contributed by atoms with Crippen LogP contribution in [0.15, 0.2) is 0 Å². The van der Waals surface area contributed by atoms with Crippen molar-refractivity contribution in [2.24, 2.45) is 5.92 Å². The molecule has 0 aromatic rings. The first kappa shape index (κ1) is 12.8. The lowest BCUT2D eigenvalue weighted by Crippen LogP contribution is -2.54. The third-order valence-corrected chi connectivity index (χ3v) is 3.15. The van der Waals surface area contributed by atoms with Gasteiger partial charge in [-0.1, -0.05) is 6.92 Å². The van der Waals surface area contributed by atoms with Crippen LogP contribution in [0.1, 0.15) is 26.7 Å². The maximum absolute atomic E-state index is 11.9. The predicted octanol–water partition coefficient (Wildman–Crippen LogP) is 1.24. The van der Waals surface area contributed by atoms with Gasteiger partial charge in [0.05, 0.1) is 6.42 Å². The molecule has 0 aromatic carbocycles. The molecule has 2 amide bonds. The Morgan fingerprint density at radius 1 is 1.56 bits per heavy atom. The van der Waals surface area contributed by atoms with Gasteiger partial charge in [0.1, 0.15) is 0 Å². The fourth-order valence-corrected chi connectivity index (χ4v) is 2.06. The predicted molar refractivity (Wildman–Crippen MR) is 60.2 cm³/mol. The summed E-state index contributed by atoms with van der Waals surface area (Å²) in [5, 5.41) is 8.78. The van der Waals surface area contributed by atoms with Crippen LogP contribution in [-0.4, -0.2) is 53.1 Å². The summed E-state index contributed by atoms with van der Waals surface area (Å²) in [6, 6.07) is 0.183. The average molecular weight is 228 g/mol. The molecule has 0 spiro atoms. The van der Waals surface area contributed by atoms with Gasteiger partial charge < -0.3 is 14.9 Å². The minimum atomic E-state index is -0.795. The summed E-state index contributed by atoms with van der Waals surface area (Å²) in [5.74, 6) is -0.758. The third-order valence-electron chi connectivity index (χ3n) is 3.15. The van der Waals surface area contributed by atoms with Crippen LogP contribution in [0.2, 0.25) is 0 Å². The number of carbonyl (C=O) groups is 2. The second-order valence-electron chi connectivity index (χ2n) is 4.54. The largest absolute Gasteiger partial charge is 0.481 e. The van der Waals surface area contributed by atoms with Crippen molar-refractivity contribution >= 4 is 12.0 Å². The molecule has 1 saturated heterocycles. The number of rotatable bonds is 4. The number of hydrogen-bond donors (Lipinski definition) is 1. The maximum Gasteiger partial charge on any atom is 0.320 e. The van der Waals surface area contributed by atoms with Crippen LogP contribution in [0.4, 0.5) is 4.79 Å². The van der Waals surface area contributed by atoms with Gasteiger partial charge in [0.2, 0.25) is 0 Å². The summed E-state index contributed by atoms with van der Waals surface area (Å²) in [7, 11) is 1.73. The van der Waals surface area contributed by atoms with Crippen molar-refractivity contribution in [2.75, 3.05) is 20.1 Å². The van der Waals surface area contributed by atoms with Crippen molar-refractivity contribution in [1.82, 2.24) is 9.80 Å². The number of carboxylic acids is 1. The molecule has 2 atom stereocenters. The fraction of sp³-hybridized carbons (Fsp3) is 0.818. The van der Waals surface area contributed by atoms with Crippen LogP contribution in [0.25, 0.3) is 0 Å². The Morgan fingerprint density at radius 3 is 2.69 bits per heavy atom. The molecule has 0 aromatic heterocycles. The summed E-state index contributed by atoms with van der Waals surface area (Å²) < 4.78 is 0. The first-order chi connectivity index (χ1) is 7.45. The number of nitrogens with zero attached hydrogens (tertiary/aromatic N) is 2. The van der Waals surface area contributed by atoms with Gasteiger partial charge in [0.25, 0.3) is 0 Å². The molecule has 1 heterocycles. The quantitative estimate of drug-likeness (QED) is 0.787. The summed E-state index contributed by atoms with van der Waals surface area (Å²) in [5.41, 5.74) is 0. The summed E-state index contributed by atoms with van der Waals surface area (Å²) in [6.45, 7) is 5.12. The Balaban J connectivity index is 2.68. The number of hydrogen-bond acceptors (Lipinski definition) is 2. The molecule has 0 saturated carbocycles. The van der Waals surface area contributed by atoms with Gasteiger partial charge in [0.15, 0.2) is 0 Å². The molecule has 16 heavy (non-hydrogen) atoms. The van der Waals surface area contributed by atoms with Crippen molar-refractivity contribution in [3.63, 3.8) is 0 Å². The molecular weight excluding hydrogens is 208 g/mol. The van der Waals surface area contributed by atoms with E-state index in [1.54, 1.807) is 16.8 Å². The first-order valence-corrected chi connectivity index (χ1v) is 5.69. The van der Waals surface area contributed by atoms with E-state index in [9.17, 15) is 9.59 Å². The van der Waals surface area contributed by atoms with Gasteiger partial charge in [-0.3, -0.25) is 4.79 Å². The normalized spacial score (nSPS) is 23.4. The minimum absolute atomic E-state index is 0.0102. The average Bonchev–Trinajstić information content (AvgIpc) is 2.21. The van der Waals surface area contributed by atoms with E-state index in [2.05, 4.69) is 0 Å². The number of aliphatic carboxylic acids is 1. The van der Waals surface area contributed by atoms with Crippen LogP contribution < -0.4 is 0 Å². The zero-order valence-corrected chi connectivity index (χ0v) is 10.1. The molecule has 1 fully saturated rings. The van der Waals surface area contributed by atoms with Crippen LogP contribution >= 0.6 is 0 Å². The van der Waals surface area contributed by atoms with Crippen LogP contribution in [0.5, 0.6) is 0 Å². The number of carbonyl (C=O) groups excluding carboxylic acids is 1. The lowest BCUT2D eigenvalue weighted by Gasteiger charge is -2.40. The Hall–Kier alpha value is -1.26. The van der Waals surface area contributed by atoms with E-state index in [0.29, 0.717) is 13.1 Å². The Bertz CT molecular complexity index is 280. The van der Waals surface area contributed by atoms with Crippen molar-refractivity contribution in [3.8, 4) is 0 Å². The molecule has 0 aliphatic carbocycles. The molecule has 5 heteroatoms. The van der Waals surface area contributed by atoms with Gasteiger partial charge in [-0.05, 0) is 13.3 Å².